The van der Waals surface area contributed by atoms with Crippen molar-refractivity contribution >= 4 is 22.8 Å². The van der Waals surface area contributed by atoms with Crippen molar-refractivity contribution in [2.45, 2.75) is 6.42 Å². The Morgan fingerprint density at radius 3 is 2.67 bits per heavy atom. The quantitative estimate of drug-likeness (QED) is 0.513. The molecule has 7 heteroatoms. The Labute approximate surface area is 192 Å². The number of carbonyl (C=O) groups excluding carboxylic acids is 1. The second-order valence-electron chi connectivity index (χ2n) is 8.89. The highest BCUT2D eigenvalue weighted by molar-refractivity contribution is 5.99. The summed E-state index contributed by atoms with van der Waals surface area (Å²) in [7, 11) is 2.16. The van der Waals surface area contributed by atoms with Crippen LogP contribution in [-0.4, -0.2) is 65.5 Å². The number of H-pyrrole nitrogens is 1. The molecule has 33 heavy (non-hydrogen) atoms. The standard InChI is InChI=1S/C26H26N6O/c1-31-8-10-32(11-9-31)24-14-17(4-6-27-24)20-13-22-23(16-30-25(22)29-15-20)18-2-3-21-19(12-18)5-7-28-26(21)33/h2-4,6,12-16H,5,7-11H2,1H3,(H,28,33)(H,29,30). The van der Waals surface area contributed by atoms with Crippen LogP contribution < -0.4 is 10.2 Å². The Hall–Kier alpha value is -3.71. The minimum absolute atomic E-state index is 0.0134. The van der Waals surface area contributed by atoms with E-state index in [9.17, 15) is 4.79 Å². The first kappa shape index (κ1) is 19.9. The van der Waals surface area contributed by atoms with Gasteiger partial charge in [0.25, 0.3) is 5.91 Å². The topological polar surface area (TPSA) is 77.1 Å². The summed E-state index contributed by atoms with van der Waals surface area (Å²) in [6.45, 7) is 4.76. The third-order valence-electron chi connectivity index (χ3n) is 6.78. The summed E-state index contributed by atoms with van der Waals surface area (Å²) in [6, 6.07) is 12.5. The molecule has 0 bridgehead atoms. The van der Waals surface area contributed by atoms with Crippen LogP contribution in [0.1, 0.15) is 15.9 Å². The Morgan fingerprint density at radius 2 is 1.79 bits per heavy atom. The molecule has 1 aromatic carbocycles. The fraction of sp³-hybridized carbons (Fsp3) is 0.269. The lowest BCUT2D eigenvalue weighted by Crippen LogP contribution is -2.44. The van der Waals surface area contributed by atoms with Gasteiger partial charge in [-0.3, -0.25) is 4.79 Å². The number of hydrogen-bond acceptors (Lipinski definition) is 5. The van der Waals surface area contributed by atoms with Crippen molar-refractivity contribution in [1.29, 1.82) is 0 Å². The largest absolute Gasteiger partial charge is 0.354 e. The maximum Gasteiger partial charge on any atom is 0.251 e. The number of nitrogens with one attached hydrogen (secondary N) is 2. The number of hydrogen-bond donors (Lipinski definition) is 2. The van der Waals surface area contributed by atoms with Crippen LogP contribution in [0, 0.1) is 0 Å². The molecule has 0 spiro atoms. The molecule has 5 heterocycles. The van der Waals surface area contributed by atoms with Gasteiger partial charge in [0.2, 0.25) is 0 Å². The number of aromatic nitrogens is 3. The van der Waals surface area contributed by atoms with E-state index in [0.29, 0.717) is 6.54 Å². The first-order chi connectivity index (χ1) is 16.2. The number of piperazine rings is 1. The van der Waals surface area contributed by atoms with E-state index in [1.54, 1.807) is 0 Å². The van der Waals surface area contributed by atoms with Gasteiger partial charge in [-0.05, 0) is 54.4 Å². The molecule has 1 fully saturated rings. The van der Waals surface area contributed by atoms with E-state index in [1.165, 1.54) is 0 Å². The molecule has 4 aromatic rings. The molecule has 2 N–H and O–H groups in total. The monoisotopic (exact) mass is 438 g/mol. The zero-order valence-corrected chi connectivity index (χ0v) is 18.6. The lowest BCUT2D eigenvalue weighted by atomic mass is 9.94. The number of rotatable bonds is 3. The highest BCUT2D eigenvalue weighted by Crippen LogP contribution is 2.33. The molecule has 0 atom stereocenters. The first-order valence-electron chi connectivity index (χ1n) is 11.4. The van der Waals surface area contributed by atoms with Gasteiger partial charge in [0.05, 0.1) is 0 Å². The van der Waals surface area contributed by atoms with E-state index in [4.69, 9.17) is 4.98 Å². The van der Waals surface area contributed by atoms with Crippen LogP contribution in [0.2, 0.25) is 0 Å². The van der Waals surface area contributed by atoms with E-state index < -0.39 is 0 Å². The number of carbonyl (C=O) groups is 1. The fourth-order valence-electron chi connectivity index (χ4n) is 4.80. The number of pyridine rings is 2. The van der Waals surface area contributed by atoms with Crippen molar-refractivity contribution in [3.05, 3.63) is 66.1 Å². The van der Waals surface area contributed by atoms with E-state index in [1.807, 2.05) is 36.8 Å². The molecular formula is C26H26N6O. The van der Waals surface area contributed by atoms with Gasteiger partial charge >= 0.3 is 0 Å². The molecule has 1 saturated heterocycles. The van der Waals surface area contributed by atoms with Crippen LogP contribution in [0.5, 0.6) is 0 Å². The average molecular weight is 439 g/mol. The van der Waals surface area contributed by atoms with Crippen LogP contribution in [0.25, 0.3) is 33.3 Å². The molecule has 2 aliphatic rings. The summed E-state index contributed by atoms with van der Waals surface area (Å²) in [5.41, 5.74) is 7.11. The SMILES string of the molecule is CN1CCN(c2cc(-c3cnc4[nH]cc(-c5ccc6c(c5)CCNC6=O)c4c3)ccn2)CC1. The highest BCUT2D eigenvalue weighted by Gasteiger charge is 2.19. The molecule has 166 valence electrons. The van der Waals surface area contributed by atoms with Gasteiger partial charge in [-0.15, -0.1) is 0 Å². The highest BCUT2D eigenvalue weighted by atomic mass is 16.1. The number of amides is 1. The molecule has 3 aromatic heterocycles. The molecule has 2 aliphatic heterocycles. The summed E-state index contributed by atoms with van der Waals surface area (Å²) in [4.78, 5) is 29.4. The summed E-state index contributed by atoms with van der Waals surface area (Å²) in [5, 5.41) is 3.99. The number of anilines is 1. The van der Waals surface area contributed by atoms with Gasteiger partial charge in [0.1, 0.15) is 11.5 Å². The van der Waals surface area contributed by atoms with Crippen molar-refractivity contribution in [2.24, 2.45) is 0 Å². The molecule has 0 saturated carbocycles. The third-order valence-corrected chi connectivity index (χ3v) is 6.78. The predicted octanol–water partition coefficient (Wildman–Crippen LogP) is 3.33. The Morgan fingerprint density at radius 1 is 0.909 bits per heavy atom. The van der Waals surface area contributed by atoms with Gasteiger partial charge in [-0.25, -0.2) is 9.97 Å². The Balaban J connectivity index is 1.37. The maximum absolute atomic E-state index is 12.1. The van der Waals surface area contributed by atoms with Crippen LogP contribution in [-0.2, 0) is 6.42 Å². The van der Waals surface area contributed by atoms with E-state index in [-0.39, 0.29) is 5.91 Å². The summed E-state index contributed by atoms with van der Waals surface area (Å²) >= 11 is 0. The number of nitrogens with zero attached hydrogens (tertiary/aromatic N) is 4. The van der Waals surface area contributed by atoms with E-state index >= 15 is 0 Å². The normalized spacial score (nSPS) is 16.6. The smallest absolute Gasteiger partial charge is 0.251 e. The van der Waals surface area contributed by atoms with Gasteiger partial charge < -0.3 is 20.1 Å². The molecular weight excluding hydrogens is 412 g/mol. The molecule has 0 unspecified atom stereocenters. The molecule has 7 nitrogen and oxygen atoms in total. The van der Waals surface area contributed by atoms with Gasteiger partial charge in [0.15, 0.2) is 0 Å². The van der Waals surface area contributed by atoms with Crippen LogP contribution in [0.15, 0.2) is 55.0 Å². The zero-order chi connectivity index (χ0) is 22.4. The van der Waals surface area contributed by atoms with Crippen molar-refractivity contribution in [1.82, 2.24) is 25.2 Å². The second-order valence-corrected chi connectivity index (χ2v) is 8.89. The molecule has 1 amide bonds. The minimum atomic E-state index is 0.0134. The second kappa shape index (κ2) is 8.01. The predicted molar refractivity (Wildman–Crippen MR) is 131 cm³/mol. The molecule has 0 radical (unpaired) electrons. The molecule has 6 rings (SSSR count). The average Bonchev–Trinajstić information content (AvgIpc) is 3.28. The van der Waals surface area contributed by atoms with Crippen molar-refractivity contribution in [3.63, 3.8) is 0 Å². The maximum atomic E-state index is 12.1. The Bertz CT molecular complexity index is 1350. The number of benzene rings is 1. The first-order valence-corrected chi connectivity index (χ1v) is 11.4. The van der Waals surface area contributed by atoms with Crippen LogP contribution >= 0.6 is 0 Å². The zero-order valence-electron chi connectivity index (χ0n) is 18.6. The van der Waals surface area contributed by atoms with Crippen molar-refractivity contribution < 1.29 is 4.79 Å². The van der Waals surface area contributed by atoms with Gasteiger partial charge in [-0.2, -0.15) is 0 Å². The summed E-state index contributed by atoms with van der Waals surface area (Å²) in [6.07, 6.45) is 6.67. The third kappa shape index (κ3) is 3.64. The van der Waals surface area contributed by atoms with Gasteiger partial charge in [-0.1, -0.05) is 12.1 Å². The van der Waals surface area contributed by atoms with Crippen LogP contribution in [0.3, 0.4) is 0 Å². The lowest BCUT2D eigenvalue weighted by Gasteiger charge is -2.33. The van der Waals surface area contributed by atoms with E-state index in [2.05, 4.69) is 50.3 Å². The van der Waals surface area contributed by atoms with E-state index in [0.717, 1.165) is 82.8 Å². The summed E-state index contributed by atoms with van der Waals surface area (Å²) < 4.78 is 0. The fourth-order valence-corrected chi connectivity index (χ4v) is 4.80. The van der Waals surface area contributed by atoms with Crippen molar-refractivity contribution in [2.75, 3.05) is 44.7 Å². The number of fused-ring (bicyclic) bond motifs is 2. The molecule has 0 aliphatic carbocycles. The van der Waals surface area contributed by atoms with Crippen LogP contribution in [0.4, 0.5) is 5.82 Å². The number of aromatic amines is 1. The lowest BCUT2D eigenvalue weighted by molar-refractivity contribution is 0.0946. The van der Waals surface area contributed by atoms with Gasteiger partial charge in [0, 0.05) is 73.4 Å². The Kier molecular flexibility index (Phi) is 4.84. The number of likely N-dealkylation sites (N-methyl/N-ethyl adjacent to an activating group) is 1. The van der Waals surface area contributed by atoms with Crippen molar-refractivity contribution in [3.8, 4) is 22.3 Å². The minimum Gasteiger partial charge on any atom is -0.354 e. The summed E-state index contributed by atoms with van der Waals surface area (Å²) in [5.74, 6) is 1.03.